The fourth-order valence-corrected chi connectivity index (χ4v) is 5.33. The van der Waals surface area contributed by atoms with E-state index in [9.17, 15) is 9.59 Å². The van der Waals surface area contributed by atoms with Crippen LogP contribution in [0.15, 0.2) is 66.9 Å². The van der Waals surface area contributed by atoms with Gasteiger partial charge in [0.15, 0.2) is 0 Å². The maximum atomic E-state index is 13.9. The number of rotatable bonds is 9. The molecule has 1 fully saturated rings. The SMILES string of the molecule is Cc1ccc(C(=O)N(CC(=O)N(Cc2cccn2Cc2ccccc2Cl)C2CCCCC2)C(C)C)cc1. The maximum absolute atomic E-state index is 13.9. The van der Waals surface area contributed by atoms with E-state index in [0.717, 1.165) is 47.5 Å². The van der Waals surface area contributed by atoms with Gasteiger partial charge in [-0.25, -0.2) is 0 Å². The third-order valence-corrected chi connectivity index (χ3v) is 7.75. The molecule has 2 aromatic carbocycles. The van der Waals surface area contributed by atoms with Gasteiger partial charge in [0.2, 0.25) is 5.91 Å². The van der Waals surface area contributed by atoms with Crippen LogP contribution in [0.25, 0.3) is 0 Å². The molecule has 0 radical (unpaired) electrons. The first-order valence-electron chi connectivity index (χ1n) is 13.4. The third kappa shape index (κ3) is 6.84. The predicted molar refractivity (Wildman–Crippen MR) is 150 cm³/mol. The molecular formula is C31H38ClN3O2. The standard InChI is InChI=1S/C31H38ClN3O2/c1-23(2)34(31(37)25-17-15-24(3)16-18-25)22-30(36)35(27-11-5-4-6-12-27)21-28-13-9-19-33(28)20-26-10-7-8-14-29(26)32/h7-10,13-19,23,27H,4-6,11-12,20-22H2,1-3H3. The van der Waals surface area contributed by atoms with Gasteiger partial charge >= 0.3 is 0 Å². The lowest BCUT2D eigenvalue weighted by Gasteiger charge is -2.37. The molecule has 1 heterocycles. The Bertz CT molecular complexity index is 1200. The Kier molecular flexibility index (Phi) is 9.09. The zero-order chi connectivity index (χ0) is 26.4. The van der Waals surface area contributed by atoms with E-state index in [4.69, 9.17) is 11.6 Å². The molecule has 0 spiro atoms. The molecule has 0 saturated heterocycles. The second-order valence-corrected chi connectivity index (χ2v) is 10.8. The van der Waals surface area contributed by atoms with Crippen molar-refractivity contribution in [2.24, 2.45) is 0 Å². The zero-order valence-corrected chi connectivity index (χ0v) is 23.0. The summed E-state index contributed by atoms with van der Waals surface area (Å²) in [6.45, 7) is 7.19. The lowest BCUT2D eigenvalue weighted by atomic mass is 9.94. The average Bonchev–Trinajstić information content (AvgIpc) is 3.34. The smallest absolute Gasteiger partial charge is 0.254 e. The number of aromatic nitrogens is 1. The van der Waals surface area contributed by atoms with Crippen molar-refractivity contribution < 1.29 is 9.59 Å². The first kappa shape index (κ1) is 27.0. The molecule has 4 rings (SSSR count). The number of nitrogens with zero attached hydrogens (tertiary/aromatic N) is 3. The molecule has 3 aromatic rings. The van der Waals surface area contributed by atoms with Crippen LogP contribution >= 0.6 is 11.6 Å². The predicted octanol–water partition coefficient (Wildman–Crippen LogP) is 6.71. The summed E-state index contributed by atoms with van der Waals surface area (Å²) in [6, 6.07) is 19.6. The Morgan fingerprint density at radius 3 is 2.35 bits per heavy atom. The number of carbonyl (C=O) groups excluding carboxylic acids is 2. The first-order valence-corrected chi connectivity index (χ1v) is 13.8. The number of hydrogen-bond donors (Lipinski definition) is 0. The molecule has 1 saturated carbocycles. The van der Waals surface area contributed by atoms with Crippen LogP contribution in [0.1, 0.15) is 73.1 Å². The summed E-state index contributed by atoms with van der Waals surface area (Å²) in [4.78, 5) is 31.0. The second-order valence-electron chi connectivity index (χ2n) is 10.4. The van der Waals surface area contributed by atoms with Crippen LogP contribution in [0.2, 0.25) is 5.02 Å². The van der Waals surface area contributed by atoms with Crippen molar-refractivity contribution in [1.29, 1.82) is 0 Å². The average molecular weight is 520 g/mol. The molecule has 37 heavy (non-hydrogen) atoms. The largest absolute Gasteiger partial charge is 0.345 e. The van der Waals surface area contributed by atoms with Gasteiger partial charge in [0, 0.05) is 41.1 Å². The molecule has 5 nitrogen and oxygen atoms in total. The number of carbonyl (C=O) groups is 2. The van der Waals surface area contributed by atoms with E-state index >= 15 is 0 Å². The zero-order valence-electron chi connectivity index (χ0n) is 22.2. The molecule has 0 bridgehead atoms. The summed E-state index contributed by atoms with van der Waals surface area (Å²) in [7, 11) is 0. The van der Waals surface area contributed by atoms with Gasteiger partial charge in [-0.05, 0) is 69.5 Å². The van der Waals surface area contributed by atoms with Crippen LogP contribution in [0.5, 0.6) is 0 Å². The van der Waals surface area contributed by atoms with Crippen molar-refractivity contribution >= 4 is 23.4 Å². The summed E-state index contributed by atoms with van der Waals surface area (Å²) in [5, 5.41) is 0.740. The Morgan fingerprint density at radius 2 is 1.68 bits per heavy atom. The van der Waals surface area contributed by atoms with Crippen LogP contribution < -0.4 is 0 Å². The lowest BCUT2D eigenvalue weighted by Crippen LogP contribution is -2.49. The summed E-state index contributed by atoms with van der Waals surface area (Å²) in [5.74, 6) is -0.0967. The highest BCUT2D eigenvalue weighted by Crippen LogP contribution is 2.26. The molecule has 0 N–H and O–H groups in total. The summed E-state index contributed by atoms with van der Waals surface area (Å²) in [5.41, 5.74) is 3.84. The molecule has 2 amide bonds. The molecule has 1 aromatic heterocycles. The third-order valence-electron chi connectivity index (χ3n) is 7.38. The van der Waals surface area contributed by atoms with E-state index in [1.165, 1.54) is 6.42 Å². The van der Waals surface area contributed by atoms with Crippen LogP contribution in [0.3, 0.4) is 0 Å². The van der Waals surface area contributed by atoms with Crippen molar-refractivity contribution in [3.05, 3.63) is 94.3 Å². The van der Waals surface area contributed by atoms with E-state index in [2.05, 4.69) is 10.6 Å². The molecule has 0 unspecified atom stereocenters. The van der Waals surface area contributed by atoms with E-state index in [1.807, 2.05) is 86.5 Å². The highest BCUT2D eigenvalue weighted by Gasteiger charge is 2.30. The quantitative estimate of drug-likeness (QED) is 0.315. The van der Waals surface area contributed by atoms with E-state index in [0.29, 0.717) is 18.7 Å². The van der Waals surface area contributed by atoms with Crippen molar-refractivity contribution in [3.63, 3.8) is 0 Å². The highest BCUT2D eigenvalue weighted by molar-refractivity contribution is 6.31. The van der Waals surface area contributed by atoms with Gasteiger partial charge in [-0.2, -0.15) is 0 Å². The van der Waals surface area contributed by atoms with Gasteiger partial charge in [0.05, 0.1) is 6.54 Å². The number of benzene rings is 2. The Balaban J connectivity index is 1.55. The second kappa shape index (κ2) is 12.5. The lowest BCUT2D eigenvalue weighted by molar-refractivity contribution is -0.136. The minimum atomic E-state index is -0.103. The Hall–Kier alpha value is -3.05. The molecule has 6 heteroatoms. The summed E-state index contributed by atoms with van der Waals surface area (Å²) in [6.07, 6.45) is 7.53. The van der Waals surface area contributed by atoms with Crippen molar-refractivity contribution in [3.8, 4) is 0 Å². The maximum Gasteiger partial charge on any atom is 0.254 e. The van der Waals surface area contributed by atoms with E-state index < -0.39 is 0 Å². The molecule has 0 atom stereocenters. The number of halogens is 1. The Morgan fingerprint density at radius 1 is 0.973 bits per heavy atom. The first-order chi connectivity index (χ1) is 17.8. The van der Waals surface area contributed by atoms with Gasteiger partial charge in [-0.1, -0.05) is 66.8 Å². The highest BCUT2D eigenvalue weighted by atomic mass is 35.5. The normalized spacial score (nSPS) is 14.1. The fourth-order valence-electron chi connectivity index (χ4n) is 5.13. The topological polar surface area (TPSA) is 45.6 Å². The van der Waals surface area contributed by atoms with Crippen molar-refractivity contribution in [2.75, 3.05) is 6.54 Å². The number of amides is 2. The van der Waals surface area contributed by atoms with Gasteiger partial charge in [-0.3, -0.25) is 9.59 Å². The van der Waals surface area contributed by atoms with Crippen LogP contribution in [-0.2, 0) is 17.9 Å². The molecular weight excluding hydrogens is 482 g/mol. The van der Waals surface area contributed by atoms with Crippen LogP contribution in [0, 0.1) is 6.92 Å². The van der Waals surface area contributed by atoms with Crippen LogP contribution in [-0.4, -0.2) is 44.8 Å². The summed E-state index contributed by atoms with van der Waals surface area (Å²) >= 11 is 6.43. The minimum absolute atomic E-state index is 0.00607. The van der Waals surface area contributed by atoms with Gasteiger partial charge < -0.3 is 14.4 Å². The van der Waals surface area contributed by atoms with Crippen LogP contribution in [0.4, 0.5) is 0 Å². The van der Waals surface area contributed by atoms with E-state index in [1.54, 1.807) is 4.90 Å². The van der Waals surface area contributed by atoms with E-state index in [-0.39, 0.29) is 30.4 Å². The van der Waals surface area contributed by atoms with Crippen molar-refractivity contribution in [2.45, 2.75) is 78.0 Å². The van der Waals surface area contributed by atoms with Gasteiger partial charge in [0.1, 0.15) is 6.54 Å². The monoisotopic (exact) mass is 519 g/mol. The molecule has 1 aliphatic rings. The van der Waals surface area contributed by atoms with Crippen molar-refractivity contribution in [1.82, 2.24) is 14.4 Å². The molecule has 196 valence electrons. The summed E-state index contributed by atoms with van der Waals surface area (Å²) < 4.78 is 2.17. The number of hydrogen-bond acceptors (Lipinski definition) is 2. The fraction of sp³-hybridized carbons (Fsp3) is 0.419. The van der Waals surface area contributed by atoms with Gasteiger partial charge in [0.25, 0.3) is 5.91 Å². The Labute approximate surface area is 226 Å². The van der Waals surface area contributed by atoms with Gasteiger partial charge in [-0.15, -0.1) is 0 Å². The minimum Gasteiger partial charge on any atom is -0.345 e. The number of aryl methyl sites for hydroxylation is 1. The molecule has 1 aliphatic carbocycles. The molecule has 0 aliphatic heterocycles.